The Morgan fingerprint density at radius 3 is 2.87 bits per heavy atom. The lowest BCUT2D eigenvalue weighted by Crippen LogP contribution is -2.22. The summed E-state index contributed by atoms with van der Waals surface area (Å²) >= 11 is 5.72. The van der Waals surface area contributed by atoms with Crippen molar-refractivity contribution in [3.8, 4) is 0 Å². The highest BCUT2D eigenvalue weighted by Gasteiger charge is 2.10. The Kier molecular flexibility index (Phi) is 3.62. The van der Waals surface area contributed by atoms with E-state index in [2.05, 4.69) is 5.32 Å². The summed E-state index contributed by atoms with van der Waals surface area (Å²) in [5, 5.41) is 13.0. The van der Waals surface area contributed by atoms with Crippen LogP contribution in [0.4, 0.5) is 5.69 Å². The van der Waals surface area contributed by atoms with Crippen LogP contribution in [0, 0.1) is 17.0 Å². The Labute approximate surface area is 91.2 Å². The van der Waals surface area contributed by atoms with Gasteiger partial charge in [-0.15, -0.1) is 0 Å². The molecule has 1 aromatic carbocycles. The zero-order chi connectivity index (χ0) is 11.4. The molecule has 1 rings (SSSR count). The van der Waals surface area contributed by atoms with E-state index in [0.717, 1.165) is 5.56 Å². The Balaban J connectivity index is 2.76. The van der Waals surface area contributed by atoms with Crippen molar-refractivity contribution in [2.75, 3.05) is 11.9 Å². The number of benzene rings is 1. The van der Waals surface area contributed by atoms with Gasteiger partial charge in [-0.25, -0.2) is 0 Å². The molecule has 0 spiro atoms. The van der Waals surface area contributed by atoms with Crippen LogP contribution in [0.5, 0.6) is 0 Å². The van der Waals surface area contributed by atoms with Crippen LogP contribution in [-0.4, -0.2) is 17.4 Å². The van der Waals surface area contributed by atoms with Gasteiger partial charge in [0.05, 0.1) is 0 Å². The molecular weight excluding hydrogens is 220 g/mol. The van der Waals surface area contributed by atoms with Crippen molar-refractivity contribution in [2.45, 2.75) is 6.92 Å². The Hall–Kier alpha value is -1.62. The molecule has 0 unspecified atom stereocenters. The molecule has 15 heavy (non-hydrogen) atoms. The molecule has 0 bridgehead atoms. The molecule has 0 aliphatic carbocycles. The minimum absolute atomic E-state index is 0.469. The molecule has 5 nitrogen and oxygen atoms in total. The van der Waals surface area contributed by atoms with Crippen molar-refractivity contribution < 1.29 is 9.72 Å². The smallest absolute Gasteiger partial charge is 0.296 e. The maximum absolute atomic E-state index is 11.1. The van der Waals surface area contributed by atoms with Crippen LogP contribution >= 0.6 is 11.6 Å². The van der Waals surface area contributed by atoms with Crippen molar-refractivity contribution in [2.24, 2.45) is 0 Å². The molecule has 0 heterocycles. The summed E-state index contributed by atoms with van der Waals surface area (Å²) in [7, 11) is 0. The first-order chi connectivity index (χ1) is 6.99. The third-order valence-corrected chi connectivity index (χ3v) is 1.98. The van der Waals surface area contributed by atoms with E-state index >= 15 is 0 Å². The van der Waals surface area contributed by atoms with Crippen LogP contribution in [0.2, 0.25) is 5.02 Å². The molecule has 0 radical (unpaired) electrons. The molecule has 1 amide bonds. The van der Waals surface area contributed by atoms with Crippen LogP contribution in [0.25, 0.3) is 0 Å². The maximum atomic E-state index is 11.1. The highest BCUT2D eigenvalue weighted by Crippen LogP contribution is 2.19. The van der Waals surface area contributed by atoms with Gasteiger partial charge in [0, 0.05) is 15.6 Å². The zero-order valence-corrected chi connectivity index (χ0v) is 8.75. The first-order valence-corrected chi connectivity index (χ1v) is 4.54. The van der Waals surface area contributed by atoms with Gasteiger partial charge in [-0.2, -0.15) is 0 Å². The SMILES string of the molecule is Cc1ccc(Cl)cc1NC(=O)C[N+](=O)[O-]. The second-order valence-electron chi connectivity index (χ2n) is 3.00. The van der Waals surface area contributed by atoms with E-state index in [4.69, 9.17) is 11.6 Å². The fourth-order valence-electron chi connectivity index (χ4n) is 1.04. The first kappa shape index (κ1) is 11.5. The Morgan fingerprint density at radius 1 is 1.60 bits per heavy atom. The van der Waals surface area contributed by atoms with E-state index in [1.807, 2.05) is 0 Å². The number of nitro groups is 1. The summed E-state index contributed by atoms with van der Waals surface area (Å²) in [5.41, 5.74) is 1.30. The lowest BCUT2D eigenvalue weighted by Gasteiger charge is -2.06. The van der Waals surface area contributed by atoms with Gasteiger partial charge in [-0.3, -0.25) is 14.9 Å². The third kappa shape index (κ3) is 3.55. The van der Waals surface area contributed by atoms with Crippen LogP contribution in [0.15, 0.2) is 18.2 Å². The average Bonchev–Trinajstić information content (AvgIpc) is 2.10. The van der Waals surface area contributed by atoms with E-state index in [-0.39, 0.29) is 0 Å². The second-order valence-corrected chi connectivity index (χ2v) is 3.43. The molecular formula is C9H9ClN2O3. The van der Waals surface area contributed by atoms with E-state index in [1.54, 1.807) is 25.1 Å². The largest absolute Gasteiger partial charge is 0.320 e. The fraction of sp³-hybridized carbons (Fsp3) is 0.222. The number of carbonyl (C=O) groups is 1. The Morgan fingerprint density at radius 2 is 2.27 bits per heavy atom. The van der Waals surface area contributed by atoms with Gasteiger partial charge in [-0.05, 0) is 24.6 Å². The predicted molar refractivity (Wildman–Crippen MR) is 56.7 cm³/mol. The molecule has 0 aliphatic heterocycles. The normalized spacial score (nSPS) is 9.73. The number of carbonyl (C=O) groups excluding carboxylic acids is 1. The Bertz CT molecular complexity index is 406. The molecule has 0 fully saturated rings. The number of rotatable bonds is 3. The summed E-state index contributed by atoms with van der Waals surface area (Å²) in [4.78, 5) is 20.5. The monoisotopic (exact) mass is 228 g/mol. The number of amides is 1. The molecule has 0 saturated heterocycles. The van der Waals surface area contributed by atoms with Crippen molar-refractivity contribution in [3.05, 3.63) is 38.9 Å². The summed E-state index contributed by atoms with van der Waals surface area (Å²) in [6, 6.07) is 4.96. The van der Waals surface area contributed by atoms with Gasteiger partial charge in [0.2, 0.25) is 0 Å². The minimum atomic E-state index is -0.744. The van der Waals surface area contributed by atoms with Crippen LogP contribution in [0.3, 0.4) is 0 Å². The van der Waals surface area contributed by atoms with Crippen molar-refractivity contribution in [3.63, 3.8) is 0 Å². The van der Waals surface area contributed by atoms with E-state index in [0.29, 0.717) is 10.7 Å². The van der Waals surface area contributed by atoms with E-state index < -0.39 is 17.4 Å². The number of anilines is 1. The molecule has 80 valence electrons. The van der Waals surface area contributed by atoms with Gasteiger partial charge >= 0.3 is 0 Å². The van der Waals surface area contributed by atoms with Gasteiger partial charge in [0.1, 0.15) is 0 Å². The second kappa shape index (κ2) is 4.75. The standard InChI is InChI=1S/C9H9ClN2O3/c1-6-2-3-7(10)4-8(6)11-9(13)5-12(14)15/h2-4H,5H2,1H3,(H,11,13). The fourth-order valence-corrected chi connectivity index (χ4v) is 1.21. The number of hydrogen-bond donors (Lipinski definition) is 1. The molecule has 0 aliphatic rings. The van der Waals surface area contributed by atoms with Crippen LogP contribution in [0.1, 0.15) is 5.56 Å². The number of aryl methyl sites for hydroxylation is 1. The summed E-state index contributed by atoms with van der Waals surface area (Å²) < 4.78 is 0. The number of nitrogens with zero attached hydrogens (tertiary/aromatic N) is 1. The highest BCUT2D eigenvalue weighted by atomic mass is 35.5. The van der Waals surface area contributed by atoms with Gasteiger partial charge < -0.3 is 5.32 Å². The quantitative estimate of drug-likeness (QED) is 0.634. The van der Waals surface area contributed by atoms with Crippen LogP contribution in [-0.2, 0) is 4.79 Å². The van der Waals surface area contributed by atoms with Gasteiger partial charge in [0.25, 0.3) is 12.5 Å². The maximum Gasteiger partial charge on any atom is 0.296 e. The summed E-state index contributed by atoms with van der Waals surface area (Å²) in [5.74, 6) is -0.662. The summed E-state index contributed by atoms with van der Waals surface area (Å²) in [6.45, 7) is 1.03. The molecule has 0 aromatic heterocycles. The van der Waals surface area contributed by atoms with Crippen molar-refractivity contribution >= 4 is 23.2 Å². The molecule has 6 heteroatoms. The zero-order valence-electron chi connectivity index (χ0n) is 7.99. The highest BCUT2D eigenvalue weighted by molar-refractivity contribution is 6.31. The number of nitrogens with one attached hydrogen (secondary N) is 1. The summed E-state index contributed by atoms with van der Waals surface area (Å²) in [6.07, 6.45) is 0. The third-order valence-electron chi connectivity index (χ3n) is 1.75. The topological polar surface area (TPSA) is 72.2 Å². The van der Waals surface area contributed by atoms with Crippen molar-refractivity contribution in [1.82, 2.24) is 0 Å². The van der Waals surface area contributed by atoms with Crippen LogP contribution < -0.4 is 5.32 Å². The minimum Gasteiger partial charge on any atom is -0.320 e. The van der Waals surface area contributed by atoms with Gasteiger partial charge in [-0.1, -0.05) is 17.7 Å². The van der Waals surface area contributed by atoms with Gasteiger partial charge in [0.15, 0.2) is 0 Å². The number of halogens is 1. The molecule has 1 N–H and O–H groups in total. The molecule has 0 atom stereocenters. The molecule has 1 aromatic rings. The number of hydrogen-bond acceptors (Lipinski definition) is 3. The van der Waals surface area contributed by atoms with E-state index in [1.165, 1.54) is 0 Å². The van der Waals surface area contributed by atoms with Crippen molar-refractivity contribution in [1.29, 1.82) is 0 Å². The first-order valence-electron chi connectivity index (χ1n) is 4.17. The average molecular weight is 229 g/mol. The lowest BCUT2D eigenvalue weighted by molar-refractivity contribution is -0.467. The lowest BCUT2D eigenvalue weighted by atomic mass is 10.2. The molecule has 0 saturated carbocycles. The predicted octanol–water partition coefficient (Wildman–Crippen LogP) is 1.86. The van der Waals surface area contributed by atoms with E-state index in [9.17, 15) is 14.9 Å².